The Morgan fingerprint density at radius 3 is 2.91 bits per heavy atom. The van der Waals surface area contributed by atoms with Crippen LogP contribution in [0.1, 0.15) is 12.6 Å². The largest absolute Gasteiger partial charge is 0.382 e. The molecule has 0 unspecified atom stereocenters. The summed E-state index contributed by atoms with van der Waals surface area (Å²) in [6.45, 7) is 1.96. The Labute approximate surface area is 65.6 Å². The lowest BCUT2D eigenvalue weighted by molar-refractivity contribution is 1.31. The summed E-state index contributed by atoms with van der Waals surface area (Å²) in [6.07, 6.45) is 9.24. The number of hydrogen-bond acceptors (Lipinski definition) is 2. The van der Waals surface area contributed by atoms with Gasteiger partial charge in [0.2, 0.25) is 0 Å². The van der Waals surface area contributed by atoms with E-state index in [9.17, 15) is 0 Å². The summed E-state index contributed by atoms with van der Waals surface area (Å²) in [6, 6.07) is 0. The van der Waals surface area contributed by atoms with E-state index in [0.717, 1.165) is 5.69 Å². The summed E-state index contributed by atoms with van der Waals surface area (Å²) in [7, 11) is 0. The normalized spacial score (nSPS) is 11.7. The van der Waals surface area contributed by atoms with Crippen LogP contribution in [-0.2, 0) is 0 Å². The molecule has 0 atom stereocenters. The molecular weight excluding hydrogens is 138 g/mol. The highest BCUT2D eigenvalue weighted by Crippen LogP contribution is 2.05. The molecule has 3 heteroatoms. The number of nitrogens with two attached hydrogens (primary N) is 1. The van der Waals surface area contributed by atoms with Crippen molar-refractivity contribution in [2.75, 3.05) is 5.73 Å². The Hall–Kier alpha value is -1.51. The van der Waals surface area contributed by atoms with Crippen molar-refractivity contribution in [3.8, 4) is 0 Å². The molecule has 0 spiro atoms. The zero-order chi connectivity index (χ0) is 8.10. The summed E-state index contributed by atoms with van der Waals surface area (Å²) < 4.78 is 0. The number of nitrogens with zero attached hydrogens (tertiary/aromatic N) is 1. The van der Waals surface area contributed by atoms with Crippen LogP contribution in [-0.4, -0.2) is 9.97 Å². The minimum Gasteiger partial charge on any atom is -0.382 e. The van der Waals surface area contributed by atoms with Crippen molar-refractivity contribution in [2.24, 2.45) is 0 Å². The highest BCUT2D eigenvalue weighted by atomic mass is 15.0. The van der Waals surface area contributed by atoms with Gasteiger partial charge in [0.05, 0.1) is 12.0 Å². The van der Waals surface area contributed by atoms with E-state index in [1.807, 2.05) is 31.2 Å². The summed E-state index contributed by atoms with van der Waals surface area (Å²) in [4.78, 5) is 6.75. The number of hydrogen-bond donors (Lipinski definition) is 2. The van der Waals surface area contributed by atoms with Gasteiger partial charge in [-0.05, 0) is 13.0 Å². The third kappa shape index (κ3) is 1.97. The predicted molar refractivity (Wildman–Crippen MR) is 46.8 cm³/mol. The molecule has 0 aliphatic heterocycles. The minimum absolute atomic E-state index is 0.533. The van der Waals surface area contributed by atoms with E-state index in [2.05, 4.69) is 9.97 Å². The number of aromatic nitrogens is 2. The summed E-state index contributed by atoms with van der Waals surface area (Å²) in [5, 5.41) is 0. The van der Waals surface area contributed by atoms with E-state index in [1.165, 1.54) is 0 Å². The second kappa shape index (κ2) is 3.61. The van der Waals surface area contributed by atoms with Crippen molar-refractivity contribution >= 4 is 11.9 Å². The van der Waals surface area contributed by atoms with E-state index in [0.29, 0.717) is 5.82 Å². The fraction of sp³-hybridized carbons (Fsp3) is 0.125. The molecular formula is C8H11N3. The van der Waals surface area contributed by atoms with Gasteiger partial charge in [0.1, 0.15) is 5.82 Å². The van der Waals surface area contributed by atoms with Crippen LogP contribution in [0.15, 0.2) is 24.6 Å². The lowest BCUT2D eigenvalue weighted by Gasteiger charge is -1.85. The van der Waals surface area contributed by atoms with E-state index < -0.39 is 0 Å². The zero-order valence-electron chi connectivity index (χ0n) is 6.41. The van der Waals surface area contributed by atoms with Gasteiger partial charge in [-0.1, -0.05) is 18.2 Å². The topological polar surface area (TPSA) is 54.7 Å². The highest BCUT2D eigenvalue weighted by molar-refractivity contribution is 5.57. The standard InChI is InChI=1S/C8H11N3/c1-2-3-4-5-7-8(9)11-6-10-7/h2-6H,9H2,1H3,(H,10,11)/b3-2-,5-4-. The predicted octanol–water partition coefficient (Wildman–Crippen LogP) is 1.58. The Bertz CT molecular complexity index is 271. The third-order valence-electron chi connectivity index (χ3n) is 1.27. The number of imidazole rings is 1. The number of nitrogen functional groups attached to an aromatic ring is 1. The molecule has 0 saturated heterocycles. The van der Waals surface area contributed by atoms with Gasteiger partial charge in [-0.25, -0.2) is 4.98 Å². The van der Waals surface area contributed by atoms with Crippen LogP contribution in [0.3, 0.4) is 0 Å². The first kappa shape index (κ1) is 7.60. The Balaban J connectivity index is 2.71. The van der Waals surface area contributed by atoms with Crippen LogP contribution in [0.4, 0.5) is 5.82 Å². The van der Waals surface area contributed by atoms with E-state index in [-0.39, 0.29) is 0 Å². The Morgan fingerprint density at radius 1 is 1.55 bits per heavy atom. The van der Waals surface area contributed by atoms with Crippen molar-refractivity contribution in [1.29, 1.82) is 0 Å². The molecule has 0 radical (unpaired) electrons. The summed E-state index contributed by atoms with van der Waals surface area (Å²) >= 11 is 0. The van der Waals surface area contributed by atoms with Gasteiger partial charge in [-0.15, -0.1) is 0 Å². The number of aromatic amines is 1. The molecule has 0 aromatic carbocycles. The van der Waals surface area contributed by atoms with Crippen LogP contribution in [0.5, 0.6) is 0 Å². The lowest BCUT2D eigenvalue weighted by atomic mass is 10.3. The maximum absolute atomic E-state index is 5.51. The zero-order valence-corrected chi connectivity index (χ0v) is 6.41. The van der Waals surface area contributed by atoms with Gasteiger partial charge < -0.3 is 10.7 Å². The maximum Gasteiger partial charge on any atom is 0.148 e. The second-order valence-corrected chi connectivity index (χ2v) is 2.09. The van der Waals surface area contributed by atoms with Crippen LogP contribution < -0.4 is 5.73 Å². The molecule has 58 valence electrons. The van der Waals surface area contributed by atoms with E-state index >= 15 is 0 Å². The van der Waals surface area contributed by atoms with Crippen molar-refractivity contribution in [2.45, 2.75) is 6.92 Å². The van der Waals surface area contributed by atoms with E-state index in [1.54, 1.807) is 6.33 Å². The van der Waals surface area contributed by atoms with Gasteiger partial charge in [0.25, 0.3) is 0 Å². The number of allylic oxidation sites excluding steroid dienone is 3. The second-order valence-electron chi connectivity index (χ2n) is 2.09. The quantitative estimate of drug-likeness (QED) is 0.627. The fourth-order valence-corrected chi connectivity index (χ4v) is 0.711. The average Bonchev–Trinajstić information content (AvgIpc) is 2.37. The molecule has 1 aromatic rings. The first-order valence-electron chi connectivity index (χ1n) is 3.43. The van der Waals surface area contributed by atoms with Crippen molar-refractivity contribution in [3.05, 3.63) is 30.2 Å². The number of anilines is 1. The molecule has 0 amide bonds. The van der Waals surface area contributed by atoms with E-state index in [4.69, 9.17) is 5.73 Å². The fourth-order valence-electron chi connectivity index (χ4n) is 0.711. The molecule has 11 heavy (non-hydrogen) atoms. The SMILES string of the molecule is C/C=C\C=C/c1[nH]cnc1N. The van der Waals surface area contributed by atoms with Crippen LogP contribution >= 0.6 is 0 Å². The molecule has 0 aliphatic carbocycles. The number of H-pyrrole nitrogens is 1. The Kier molecular flexibility index (Phi) is 2.49. The van der Waals surface area contributed by atoms with Crippen molar-refractivity contribution in [3.63, 3.8) is 0 Å². The Morgan fingerprint density at radius 2 is 2.36 bits per heavy atom. The monoisotopic (exact) mass is 149 g/mol. The molecule has 3 nitrogen and oxygen atoms in total. The summed E-state index contributed by atoms with van der Waals surface area (Å²) in [5.74, 6) is 0.533. The summed E-state index contributed by atoms with van der Waals surface area (Å²) in [5.41, 5.74) is 6.36. The van der Waals surface area contributed by atoms with Crippen molar-refractivity contribution in [1.82, 2.24) is 9.97 Å². The van der Waals surface area contributed by atoms with Gasteiger partial charge in [-0.2, -0.15) is 0 Å². The molecule has 1 aromatic heterocycles. The van der Waals surface area contributed by atoms with Crippen LogP contribution in [0.25, 0.3) is 6.08 Å². The van der Waals surface area contributed by atoms with Gasteiger partial charge in [0, 0.05) is 0 Å². The van der Waals surface area contributed by atoms with Crippen molar-refractivity contribution < 1.29 is 0 Å². The van der Waals surface area contributed by atoms with Gasteiger partial charge in [-0.3, -0.25) is 0 Å². The number of nitrogens with one attached hydrogen (secondary N) is 1. The maximum atomic E-state index is 5.51. The first-order valence-corrected chi connectivity index (χ1v) is 3.43. The molecule has 1 heterocycles. The van der Waals surface area contributed by atoms with Crippen LogP contribution in [0, 0.1) is 0 Å². The molecule has 0 saturated carbocycles. The minimum atomic E-state index is 0.533. The lowest BCUT2D eigenvalue weighted by Crippen LogP contribution is -1.86. The third-order valence-corrected chi connectivity index (χ3v) is 1.27. The van der Waals surface area contributed by atoms with Gasteiger partial charge >= 0.3 is 0 Å². The smallest absolute Gasteiger partial charge is 0.148 e. The molecule has 0 aliphatic rings. The molecule has 0 fully saturated rings. The molecule has 1 rings (SSSR count). The molecule has 0 bridgehead atoms. The number of rotatable bonds is 2. The van der Waals surface area contributed by atoms with Gasteiger partial charge in [0.15, 0.2) is 0 Å². The highest BCUT2D eigenvalue weighted by Gasteiger charge is 1.92. The average molecular weight is 149 g/mol. The molecule has 3 N–H and O–H groups in total. The van der Waals surface area contributed by atoms with Crippen LogP contribution in [0.2, 0.25) is 0 Å². The first-order chi connectivity index (χ1) is 5.34.